The van der Waals surface area contributed by atoms with E-state index in [1.807, 2.05) is 0 Å². The highest BCUT2D eigenvalue weighted by atomic mass is 32.2. The average Bonchev–Trinajstić information content (AvgIpc) is 3.31. The zero-order chi connectivity index (χ0) is 24.7. The summed E-state index contributed by atoms with van der Waals surface area (Å²) in [7, 11) is -3.85. The molecule has 0 radical (unpaired) electrons. The molecule has 1 aromatic carbocycles. The Balaban J connectivity index is 1.42. The summed E-state index contributed by atoms with van der Waals surface area (Å²) in [5.74, 6) is 4.97. The van der Waals surface area contributed by atoms with Crippen molar-refractivity contribution in [2.24, 2.45) is 0 Å². The highest BCUT2D eigenvalue weighted by Crippen LogP contribution is 2.30. The molecule has 0 saturated carbocycles. The molecule has 9 nitrogen and oxygen atoms in total. The molecule has 1 fully saturated rings. The van der Waals surface area contributed by atoms with Gasteiger partial charge in [-0.2, -0.15) is 0 Å². The number of nitrogens with one attached hydrogen (secondary N) is 2. The number of alkyl halides is 1. The summed E-state index contributed by atoms with van der Waals surface area (Å²) in [4.78, 5) is 26.2. The number of halogens is 1. The number of fused-ring (bicyclic) bond motifs is 1. The van der Waals surface area contributed by atoms with Gasteiger partial charge in [-0.25, -0.2) is 23.1 Å². The first-order valence-corrected chi connectivity index (χ1v) is 12.5. The maximum absolute atomic E-state index is 14.4. The minimum atomic E-state index is -3.85. The van der Waals surface area contributed by atoms with Crippen LogP contribution < -0.4 is 10.8 Å². The third kappa shape index (κ3) is 4.20. The smallest absolute Gasteiger partial charge is 0.318 e. The van der Waals surface area contributed by atoms with Crippen LogP contribution in [-0.4, -0.2) is 65.7 Å². The Labute approximate surface area is 196 Å². The number of aromatic nitrogens is 1. The van der Waals surface area contributed by atoms with Gasteiger partial charge in [0, 0.05) is 48.9 Å². The van der Waals surface area contributed by atoms with Crippen LogP contribution in [0, 0.1) is 11.8 Å². The van der Waals surface area contributed by atoms with Gasteiger partial charge in [0.2, 0.25) is 0 Å². The molecule has 1 atom stereocenters. The van der Waals surface area contributed by atoms with Crippen molar-refractivity contribution in [1.82, 2.24) is 20.3 Å². The number of sulfone groups is 1. The molecule has 0 spiro atoms. The fraction of sp³-hybridized carbons (Fsp3) is 0.391. The number of hydroxylamine groups is 1. The maximum Gasteiger partial charge on any atom is 0.328 e. The standard InChI is InChI=1S/C23H25FN4O5S/c1-22(20(29)26-31,34(2,32)33)9-10-27-13-19-11-17(12-28(19)21(27)30)4-3-16-5-7-18(8-6-16)23(24)14-25-15-23/h5-8,11-12,25,31H,9-10,13-15H2,1-2H3,(H,26,29). The molecule has 3 heterocycles. The van der Waals surface area contributed by atoms with E-state index in [9.17, 15) is 22.4 Å². The van der Waals surface area contributed by atoms with Crippen molar-refractivity contribution in [3.05, 3.63) is 58.9 Å². The lowest BCUT2D eigenvalue weighted by Crippen LogP contribution is -2.53. The molecule has 2 amide bonds. The Hall–Kier alpha value is -3.20. The van der Waals surface area contributed by atoms with Crippen LogP contribution in [0.25, 0.3) is 0 Å². The van der Waals surface area contributed by atoms with Crippen molar-refractivity contribution in [3.63, 3.8) is 0 Å². The fourth-order valence-electron chi connectivity index (χ4n) is 3.95. The van der Waals surface area contributed by atoms with Crippen molar-refractivity contribution < 1.29 is 27.6 Å². The van der Waals surface area contributed by atoms with Gasteiger partial charge in [0.1, 0.15) is 0 Å². The zero-order valence-electron chi connectivity index (χ0n) is 18.8. The van der Waals surface area contributed by atoms with Crippen LogP contribution in [0.2, 0.25) is 0 Å². The minimum Gasteiger partial charge on any atom is -0.318 e. The second kappa shape index (κ2) is 8.54. The van der Waals surface area contributed by atoms with E-state index in [1.54, 1.807) is 36.5 Å². The molecule has 11 heteroatoms. The van der Waals surface area contributed by atoms with Gasteiger partial charge in [0.15, 0.2) is 20.3 Å². The number of carbonyl (C=O) groups is 2. The Morgan fingerprint density at radius 3 is 2.44 bits per heavy atom. The quantitative estimate of drug-likeness (QED) is 0.319. The topological polar surface area (TPSA) is 121 Å². The summed E-state index contributed by atoms with van der Waals surface area (Å²) in [6.07, 6.45) is 2.34. The van der Waals surface area contributed by atoms with Crippen LogP contribution in [0.5, 0.6) is 0 Å². The van der Waals surface area contributed by atoms with Gasteiger partial charge in [-0.1, -0.05) is 24.0 Å². The third-order valence-electron chi connectivity index (χ3n) is 6.55. The van der Waals surface area contributed by atoms with Gasteiger partial charge in [-0.05, 0) is 37.1 Å². The molecule has 2 aromatic rings. The highest BCUT2D eigenvalue weighted by Gasteiger charge is 2.44. The van der Waals surface area contributed by atoms with Crippen molar-refractivity contribution in [2.45, 2.75) is 30.3 Å². The molecule has 2 aliphatic rings. The van der Waals surface area contributed by atoms with Gasteiger partial charge in [-0.15, -0.1) is 0 Å². The van der Waals surface area contributed by atoms with Gasteiger partial charge in [-0.3, -0.25) is 14.6 Å². The van der Waals surface area contributed by atoms with Gasteiger partial charge < -0.3 is 10.2 Å². The van der Waals surface area contributed by atoms with Crippen LogP contribution in [0.1, 0.15) is 35.7 Å². The first kappa shape index (κ1) is 23.9. The Morgan fingerprint density at radius 2 is 1.91 bits per heavy atom. The Bertz CT molecular complexity index is 1310. The van der Waals surface area contributed by atoms with E-state index in [4.69, 9.17) is 5.21 Å². The summed E-state index contributed by atoms with van der Waals surface area (Å²) in [5, 5.41) is 11.9. The summed E-state index contributed by atoms with van der Waals surface area (Å²) in [5.41, 5.74) is 2.75. The number of amides is 2. The molecule has 180 valence electrons. The molecule has 0 bridgehead atoms. The van der Waals surface area contributed by atoms with E-state index in [2.05, 4.69) is 17.2 Å². The number of benzene rings is 1. The molecule has 2 aliphatic heterocycles. The first-order chi connectivity index (χ1) is 16.0. The monoisotopic (exact) mass is 488 g/mol. The molecule has 0 aliphatic carbocycles. The second-order valence-electron chi connectivity index (χ2n) is 8.88. The first-order valence-electron chi connectivity index (χ1n) is 10.6. The maximum atomic E-state index is 14.4. The molecule has 1 aromatic heterocycles. The van der Waals surface area contributed by atoms with Crippen LogP contribution >= 0.6 is 0 Å². The van der Waals surface area contributed by atoms with Crippen LogP contribution in [0.15, 0.2) is 36.5 Å². The summed E-state index contributed by atoms with van der Waals surface area (Å²) in [6, 6.07) is 8.40. The van der Waals surface area contributed by atoms with Gasteiger partial charge >= 0.3 is 6.03 Å². The van der Waals surface area contributed by atoms with E-state index in [0.29, 0.717) is 29.9 Å². The molecule has 34 heavy (non-hydrogen) atoms. The number of nitrogens with zero attached hydrogens (tertiary/aromatic N) is 2. The fourth-order valence-corrected chi connectivity index (χ4v) is 4.79. The molecule has 4 rings (SSSR count). The van der Waals surface area contributed by atoms with E-state index >= 15 is 0 Å². The molecule has 1 unspecified atom stereocenters. The number of carbonyl (C=O) groups excluding carboxylic acids is 2. The van der Waals surface area contributed by atoms with Gasteiger partial charge in [0.05, 0.1) is 6.54 Å². The predicted octanol–water partition coefficient (Wildman–Crippen LogP) is 1.14. The van der Waals surface area contributed by atoms with Crippen molar-refractivity contribution in [1.29, 1.82) is 0 Å². The predicted molar refractivity (Wildman–Crippen MR) is 122 cm³/mol. The Kier molecular flexibility index (Phi) is 6.01. The third-order valence-corrected chi connectivity index (χ3v) is 8.58. The SMILES string of the molecule is CC(CCN1Cc2cc(C#Cc3ccc(C4(F)CNC4)cc3)cn2C1=O)(C(=O)NO)S(C)(=O)=O. The largest absolute Gasteiger partial charge is 0.328 e. The molecule has 3 N–H and O–H groups in total. The zero-order valence-corrected chi connectivity index (χ0v) is 19.6. The van der Waals surface area contributed by atoms with E-state index < -0.39 is 26.2 Å². The normalized spacial score (nSPS) is 18.4. The molecular formula is C23H25FN4O5S. The summed E-state index contributed by atoms with van der Waals surface area (Å²) < 4.78 is 38.2. The van der Waals surface area contributed by atoms with Crippen LogP contribution in [0.4, 0.5) is 9.18 Å². The Morgan fingerprint density at radius 1 is 1.26 bits per heavy atom. The lowest BCUT2D eigenvalue weighted by Gasteiger charge is -2.35. The van der Waals surface area contributed by atoms with Crippen LogP contribution in [0.3, 0.4) is 0 Å². The van der Waals surface area contributed by atoms with Crippen molar-refractivity contribution in [3.8, 4) is 11.8 Å². The van der Waals surface area contributed by atoms with E-state index in [-0.39, 0.29) is 25.5 Å². The van der Waals surface area contributed by atoms with Crippen LogP contribution in [-0.2, 0) is 26.8 Å². The number of rotatable bonds is 6. The lowest BCUT2D eigenvalue weighted by atomic mass is 9.90. The number of hydrogen-bond acceptors (Lipinski definition) is 6. The van der Waals surface area contributed by atoms with Gasteiger partial charge in [0.25, 0.3) is 5.91 Å². The molecule has 1 saturated heterocycles. The number of hydrogen-bond donors (Lipinski definition) is 3. The minimum absolute atomic E-state index is 0.0104. The molecular weight excluding hydrogens is 463 g/mol. The van der Waals surface area contributed by atoms with E-state index in [1.165, 1.54) is 21.9 Å². The van der Waals surface area contributed by atoms with Crippen molar-refractivity contribution >= 4 is 21.8 Å². The second-order valence-corrected chi connectivity index (χ2v) is 11.3. The summed E-state index contributed by atoms with van der Waals surface area (Å²) >= 11 is 0. The summed E-state index contributed by atoms with van der Waals surface area (Å²) in [6.45, 7) is 2.08. The lowest BCUT2D eigenvalue weighted by molar-refractivity contribution is -0.131. The average molecular weight is 489 g/mol. The van der Waals surface area contributed by atoms with Crippen molar-refractivity contribution in [2.75, 3.05) is 25.9 Å². The van der Waals surface area contributed by atoms with E-state index in [0.717, 1.165) is 11.8 Å². The highest BCUT2D eigenvalue weighted by molar-refractivity contribution is 7.92.